The van der Waals surface area contributed by atoms with Gasteiger partial charge in [0.25, 0.3) is 0 Å². The summed E-state index contributed by atoms with van der Waals surface area (Å²) in [6.07, 6.45) is 0. The second-order valence-electron chi connectivity index (χ2n) is 4.69. The zero-order valence-electron chi connectivity index (χ0n) is 10.8. The third-order valence-corrected chi connectivity index (χ3v) is 4.04. The Morgan fingerprint density at radius 2 is 1.89 bits per heavy atom. The summed E-state index contributed by atoms with van der Waals surface area (Å²) in [7, 11) is 0. The fraction of sp³-hybridized carbons (Fsp3) is 0.333. The monoisotopic (exact) mass is 274 g/mol. The van der Waals surface area contributed by atoms with Gasteiger partial charge in [-0.25, -0.2) is 0 Å². The van der Waals surface area contributed by atoms with Gasteiger partial charge >= 0.3 is 0 Å². The molecule has 0 aliphatic carbocycles. The Bertz CT molecular complexity index is 489. The topological polar surface area (TPSA) is 24.5 Å². The van der Waals surface area contributed by atoms with Crippen LogP contribution in [0.15, 0.2) is 41.8 Å². The summed E-state index contributed by atoms with van der Waals surface area (Å²) in [6.45, 7) is 4.81. The number of nitrogens with zero attached hydrogens (tertiary/aromatic N) is 1. The van der Waals surface area contributed by atoms with Gasteiger partial charge in [0.05, 0.1) is 18.2 Å². The summed E-state index contributed by atoms with van der Waals surface area (Å²) in [4.78, 5) is 2.44. The standard InChI is InChI=1S/C15H18N2OS/c1-2-15(19-11-1)16-14-5-3-13(4-6-14)12-17-7-9-18-10-8-17/h1-6,11,16H,7-10,12H2. The van der Waals surface area contributed by atoms with Gasteiger partial charge in [0.1, 0.15) is 0 Å². The molecule has 0 spiro atoms. The number of nitrogens with one attached hydrogen (secondary N) is 1. The van der Waals surface area contributed by atoms with E-state index in [2.05, 4.69) is 52.0 Å². The molecule has 4 heteroatoms. The third-order valence-electron chi connectivity index (χ3n) is 3.25. The molecule has 2 heterocycles. The lowest BCUT2D eigenvalue weighted by molar-refractivity contribution is 0.0342. The Morgan fingerprint density at radius 3 is 2.58 bits per heavy atom. The number of thiophene rings is 1. The van der Waals surface area contributed by atoms with Gasteiger partial charge in [-0.1, -0.05) is 12.1 Å². The van der Waals surface area contributed by atoms with Gasteiger partial charge in [0.15, 0.2) is 0 Å². The first-order chi connectivity index (χ1) is 9.40. The maximum absolute atomic E-state index is 5.36. The Morgan fingerprint density at radius 1 is 1.11 bits per heavy atom. The van der Waals surface area contributed by atoms with Crippen LogP contribution in [0.3, 0.4) is 0 Å². The van der Waals surface area contributed by atoms with Gasteiger partial charge in [-0.05, 0) is 35.2 Å². The zero-order valence-corrected chi connectivity index (χ0v) is 11.7. The molecule has 0 saturated carbocycles. The summed E-state index contributed by atoms with van der Waals surface area (Å²) in [5, 5.41) is 6.66. The molecule has 1 saturated heterocycles. The summed E-state index contributed by atoms with van der Waals surface area (Å²) in [6, 6.07) is 12.8. The van der Waals surface area contributed by atoms with Crippen molar-refractivity contribution in [2.45, 2.75) is 6.54 Å². The van der Waals surface area contributed by atoms with Crippen LogP contribution in [0, 0.1) is 0 Å². The number of hydrogen-bond donors (Lipinski definition) is 1. The third kappa shape index (κ3) is 3.56. The molecule has 1 aliphatic rings. The number of morpholine rings is 1. The minimum atomic E-state index is 0.859. The Kier molecular flexibility index (Phi) is 4.13. The fourth-order valence-electron chi connectivity index (χ4n) is 2.20. The summed E-state index contributed by atoms with van der Waals surface area (Å²) >= 11 is 1.72. The van der Waals surface area contributed by atoms with Crippen LogP contribution in [0.1, 0.15) is 5.56 Å². The molecular formula is C15H18N2OS. The molecule has 0 amide bonds. The molecule has 100 valence electrons. The highest BCUT2D eigenvalue weighted by Gasteiger charge is 2.10. The second kappa shape index (κ2) is 6.19. The van der Waals surface area contributed by atoms with Crippen molar-refractivity contribution in [1.82, 2.24) is 4.90 Å². The van der Waals surface area contributed by atoms with E-state index in [1.807, 2.05) is 0 Å². The van der Waals surface area contributed by atoms with Crippen LogP contribution < -0.4 is 5.32 Å². The van der Waals surface area contributed by atoms with E-state index in [4.69, 9.17) is 4.74 Å². The molecule has 1 aromatic carbocycles. The molecule has 0 atom stereocenters. The SMILES string of the molecule is c1csc(Nc2ccc(CN3CCOCC3)cc2)c1. The Balaban J connectivity index is 1.58. The molecule has 3 rings (SSSR count). The maximum Gasteiger partial charge on any atom is 0.0926 e. The normalized spacial score (nSPS) is 16.4. The van der Waals surface area contributed by atoms with E-state index in [-0.39, 0.29) is 0 Å². The summed E-state index contributed by atoms with van der Waals surface area (Å²) in [5.41, 5.74) is 2.51. The lowest BCUT2D eigenvalue weighted by Gasteiger charge is -2.26. The zero-order chi connectivity index (χ0) is 12.9. The van der Waals surface area contributed by atoms with E-state index in [0.717, 1.165) is 38.5 Å². The number of anilines is 2. The van der Waals surface area contributed by atoms with Gasteiger partial charge in [-0.3, -0.25) is 4.90 Å². The van der Waals surface area contributed by atoms with Crippen LogP contribution in [0.4, 0.5) is 10.7 Å². The highest BCUT2D eigenvalue weighted by Crippen LogP contribution is 2.21. The van der Waals surface area contributed by atoms with Crippen molar-refractivity contribution in [3.8, 4) is 0 Å². The van der Waals surface area contributed by atoms with E-state index in [1.165, 1.54) is 10.6 Å². The molecule has 2 aromatic rings. The first-order valence-corrected chi connectivity index (χ1v) is 7.48. The molecule has 1 N–H and O–H groups in total. The molecule has 1 fully saturated rings. The molecule has 0 radical (unpaired) electrons. The van der Waals surface area contributed by atoms with E-state index >= 15 is 0 Å². The first kappa shape index (κ1) is 12.7. The molecule has 19 heavy (non-hydrogen) atoms. The number of benzene rings is 1. The highest BCUT2D eigenvalue weighted by atomic mass is 32.1. The first-order valence-electron chi connectivity index (χ1n) is 6.60. The van der Waals surface area contributed by atoms with Crippen molar-refractivity contribution in [2.75, 3.05) is 31.6 Å². The van der Waals surface area contributed by atoms with Crippen molar-refractivity contribution in [3.63, 3.8) is 0 Å². The molecule has 0 bridgehead atoms. The predicted molar refractivity (Wildman–Crippen MR) is 80.1 cm³/mol. The van der Waals surface area contributed by atoms with Crippen LogP contribution in [-0.2, 0) is 11.3 Å². The molecule has 1 aliphatic heterocycles. The van der Waals surface area contributed by atoms with Gasteiger partial charge in [-0.15, -0.1) is 11.3 Å². The van der Waals surface area contributed by atoms with Crippen molar-refractivity contribution >= 4 is 22.0 Å². The fourth-order valence-corrected chi connectivity index (χ4v) is 2.84. The molecule has 0 unspecified atom stereocenters. The van der Waals surface area contributed by atoms with Crippen LogP contribution in [0.5, 0.6) is 0 Å². The van der Waals surface area contributed by atoms with Crippen molar-refractivity contribution in [1.29, 1.82) is 0 Å². The van der Waals surface area contributed by atoms with Crippen molar-refractivity contribution in [3.05, 3.63) is 47.3 Å². The van der Waals surface area contributed by atoms with E-state index in [1.54, 1.807) is 11.3 Å². The molecule has 3 nitrogen and oxygen atoms in total. The average Bonchev–Trinajstić information content (AvgIpc) is 2.95. The van der Waals surface area contributed by atoms with Gasteiger partial charge < -0.3 is 10.1 Å². The lowest BCUT2D eigenvalue weighted by Crippen LogP contribution is -2.35. The molecular weight excluding hydrogens is 256 g/mol. The van der Waals surface area contributed by atoms with E-state index in [9.17, 15) is 0 Å². The van der Waals surface area contributed by atoms with Crippen LogP contribution in [0.25, 0.3) is 0 Å². The lowest BCUT2D eigenvalue weighted by atomic mass is 10.2. The van der Waals surface area contributed by atoms with E-state index in [0.29, 0.717) is 0 Å². The van der Waals surface area contributed by atoms with Crippen LogP contribution in [0.2, 0.25) is 0 Å². The van der Waals surface area contributed by atoms with Crippen LogP contribution in [-0.4, -0.2) is 31.2 Å². The van der Waals surface area contributed by atoms with Crippen molar-refractivity contribution in [2.24, 2.45) is 0 Å². The number of ether oxygens (including phenoxy) is 1. The minimum absolute atomic E-state index is 0.859. The van der Waals surface area contributed by atoms with Gasteiger partial charge in [0.2, 0.25) is 0 Å². The smallest absolute Gasteiger partial charge is 0.0926 e. The highest BCUT2D eigenvalue weighted by molar-refractivity contribution is 7.14. The quantitative estimate of drug-likeness (QED) is 0.925. The Hall–Kier alpha value is -1.36. The summed E-state index contributed by atoms with van der Waals surface area (Å²) in [5.74, 6) is 0. The van der Waals surface area contributed by atoms with Gasteiger partial charge in [0, 0.05) is 25.3 Å². The van der Waals surface area contributed by atoms with E-state index < -0.39 is 0 Å². The largest absolute Gasteiger partial charge is 0.379 e. The Labute approximate surface area is 117 Å². The number of rotatable bonds is 4. The number of hydrogen-bond acceptors (Lipinski definition) is 4. The van der Waals surface area contributed by atoms with Gasteiger partial charge in [-0.2, -0.15) is 0 Å². The average molecular weight is 274 g/mol. The predicted octanol–water partition coefficient (Wildman–Crippen LogP) is 3.32. The maximum atomic E-state index is 5.36. The second-order valence-corrected chi connectivity index (χ2v) is 5.64. The van der Waals surface area contributed by atoms with Crippen molar-refractivity contribution < 1.29 is 4.74 Å². The minimum Gasteiger partial charge on any atom is -0.379 e. The molecule has 1 aromatic heterocycles. The summed E-state index contributed by atoms with van der Waals surface area (Å²) < 4.78 is 5.36. The van der Waals surface area contributed by atoms with Crippen LogP contribution >= 0.6 is 11.3 Å².